The zero-order valence-corrected chi connectivity index (χ0v) is 19.9. The number of carbonyl (C=O) groups is 3. The summed E-state index contributed by atoms with van der Waals surface area (Å²) in [6.45, 7) is 8.33. The predicted octanol–water partition coefficient (Wildman–Crippen LogP) is 2.78. The van der Waals surface area contributed by atoms with Crippen LogP contribution in [0.3, 0.4) is 0 Å². The van der Waals surface area contributed by atoms with Gasteiger partial charge >= 0.3 is 0 Å². The Morgan fingerprint density at radius 1 is 0.853 bits per heavy atom. The number of rotatable bonds is 5. The molecule has 2 aliphatic rings. The second-order valence-electron chi connectivity index (χ2n) is 8.68. The van der Waals surface area contributed by atoms with Crippen molar-refractivity contribution in [3.63, 3.8) is 0 Å². The zero-order valence-electron chi connectivity index (χ0n) is 19.9. The van der Waals surface area contributed by atoms with E-state index in [0.717, 1.165) is 11.3 Å². The van der Waals surface area contributed by atoms with Crippen molar-refractivity contribution in [1.29, 1.82) is 0 Å². The van der Waals surface area contributed by atoms with Crippen LogP contribution in [0.4, 0.5) is 11.4 Å². The van der Waals surface area contributed by atoms with Crippen molar-refractivity contribution >= 4 is 29.1 Å². The Morgan fingerprint density at radius 3 is 2.15 bits per heavy atom. The van der Waals surface area contributed by atoms with Crippen molar-refractivity contribution in [2.75, 3.05) is 62.7 Å². The maximum Gasteiger partial charge on any atom is 0.256 e. The quantitative estimate of drug-likeness (QED) is 0.736. The third kappa shape index (κ3) is 5.39. The molecule has 8 nitrogen and oxygen atoms in total. The lowest BCUT2D eigenvalue weighted by atomic mass is 10.1. The largest absolute Gasteiger partial charge is 0.378 e. The molecule has 2 aliphatic heterocycles. The first-order chi connectivity index (χ1) is 16.5. The van der Waals surface area contributed by atoms with Crippen LogP contribution in [0.5, 0.6) is 0 Å². The van der Waals surface area contributed by atoms with Crippen molar-refractivity contribution in [2.24, 2.45) is 0 Å². The van der Waals surface area contributed by atoms with Gasteiger partial charge < -0.3 is 24.8 Å². The van der Waals surface area contributed by atoms with Crippen LogP contribution >= 0.6 is 0 Å². The standard InChI is InChI=1S/C26H32N4O4/c1-3-24(31)27-21-8-9-23(22(18-21)26(33)30-14-16-34-17-15-30)28-10-12-29(13-11-28)25(32)20-6-4-19(2)5-7-20/h4-9,18H,3,10-17H2,1-2H3,(H,27,31). The van der Waals surface area contributed by atoms with Gasteiger partial charge in [0.2, 0.25) is 5.91 Å². The average Bonchev–Trinajstić information content (AvgIpc) is 2.89. The average molecular weight is 465 g/mol. The molecule has 0 atom stereocenters. The van der Waals surface area contributed by atoms with E-state index in [1.54, 1.807) is 17.9 Å². The molecular formula is C26H32N4O4. The van der Waals surface area contributed by atoms with E-state index in [2.05, 4.69) is 10.2 Å². The van der Waals surface area contributed by atoms with Crippen LogP contribution in [-0.4, -0.2) is 80.0 Å². The maximum atomic E-state index is 13.4. The van der Waals surface area contributed by atoms with Crippen LogP contribution in [0, 0.1) is 6.92 Å². The lowest BCUT2D eigenvalue weighted by Crippen LogP contribution is -2.49. The summed E-state index contributed by atoms with van der Waals surface area (Å²) in [5.41, 5.74) is 3.82. The molecule has 0 saturated carbocycles. The summed E-state index contributed by atoms with van der Waals surface area (Å²) < 4.78 is 5.40. The number of carbonyl (C=O) groups excluding carboxylic acids is 3. The van der Waals surface area contributed by atoms with Crippen molar-refractivity contribution in [1.82, 2.24) is 9.80 Å². The van der Waals surface area contributed by atoms with E-state index in [9.17, 15) is 14.4 Å². The van der Waals surface area contributed by atoms with Crippen molar-refractivity contribution in [3.8, 4) is 0 Å². The molecule has 1 N–H and O–H groups in total. The molecule has 180 valence electrons. The smallest absolute Gasteiger partial charge is 0.256 e. The molecule has 8 heteroatoms. The molecule has 4 rings (SSSR count). The number of ether oxygens (including phenoxy) is 1. The van der Waals surface area contributed by atoms with Gasteiger partial charge in [0.15, 0.2) is 0 Å². The van der Waals surface area contributed by atoms with Gasteiger partial charge in [-0.25, -0.2) is 0 Å². The Balaban J connectivity index is 1.52. The van der Waals surface area contributed by atoms with Gasteiger partial charge in [-0.3, -0.25) is 14.4 Å². The van der Waals surface area contributed by atoms with Crippen molar-refractivity contribution < 1.29 is 19.1 Å². The topological polar surface area (TPSA) is 82.2 Å². The van der Waals surface area contributed by atoms with Crippen LogP contribution in [0.2, 0.25) is 0 Å². The maximum absolute atomic E-state index is 13.4. The fraction of sp³-hybridized carbons (Fsp3) is 0.423. The number of morpholine rings is 1. The highest BCUT2D eigenvalue weighted by Gasteiger charge is 2.27. The SMILES string of the molecule is CCC(=O)Nc1ccc(N2CCN(C(=O)c3ccc(C)cc3)CC2)c(C(=O)N2CCOCC2)c1. The minimum Gasteiger partial charge on any atom is -0.378 e. The highest BCUT2D eigenvalue weighted by atomic mass is 16.5. The van der Waals surface area contributed by atoms with Crippen LogP contribution in [0.15, 0.2) is 42.5 Å². The zero-order chi connectivity index (χ0) is 24.1. The molecule has 3 amide bonds. The molecule has 2 saturated heterocycles. The van der Waals surface area contributed by atoms with Crippen LogP contribution in [0.1, 0.15) is 39.6 Å². The molecule has 2 fully saturated rings. The van der Waals surface area contributed by atoms with E-state index in [1.165, 1.54) is 0 Å². The molecule has 2 aromatic carbocycles. The Labute approximate surface area is 200 Å². The molecule has 34 heavy (non-hydrogen) atoms. The number of amides is 3. The lowest BCUT2D eigenvalue weighted by Gasteiger charge is -2.37. The first-order valence-corrected chi connectivity index (χ1v) is 11.9. The van der Waals surface area contributed by atoms with Gasteiger partial charge in [0.25, 0.3) is 11.8 Å². The van der Waals surface area contributed by atoms with E-state index >= 15 is 0 Å². The number of piperazine rings is 1. The van der Waals surface area contributed by atoms with Crippen molar-refractivity contribution in [3.05, 3.63) is 59.2 Å². The van der Waals surface area contributed by atoms with Crippen LogP contribution in [-0.2, 0) is 9.53 Å². The van der Waals surface area contributed by atoms with E-state index in [4.69, 9.17) is 4.74 Å². The fourth-order valence-electron chi connectivity index (χ4n) is 4.28. The van der Waals surface area contributed by atoms with Gasteiger partial charge in [-0.1, -0.05) is 24.6 Å². The minimum atomic E-state index is -0.0965. The molecule has 0 radical (unpaired) electrons. The van der Waals surface area contributed by atoms with Gasteiger partial charge in [0.05, 0.1) is 18.8 Å². The molecule has 2 heterocycles. The molecule has 0 aromatic heterocycles. The minimum absolute atomic E-state index is 0.0295. The molecule has 0 unspecified atom stereocenters. The highest BCUT2D eigenvalue weighted by molar-refractivity contribution is 6.02. The summed E-state index contributed by atoms with van der Waals surface area (Å²) in [5.74, 6) is -0.133. The van der Waals surface area contributed by atoms with Gasteiger partial charge in [-0.15, -0.1) is 0 Å². The number of benzene rings is 2. The Morgan fingerprint density at radius 2 is 1.50 bits per heavy atom. The summed E-state index contributed by atoms with van der Waals surface area (Å²) >= 11 is 0. The first kappa shape index (κ1) is 23.8. The third-order valence-electron chi connectivity index (χ3n) is 6.34. The molecule has 0 aliphatic carbocycles. The third-order valence-corrected chi connectivity index (χ3v) is 6.34. The van der Waals surface area contributed by atoms with E-state index in [1.807, 2.05) is 48.2 Å². The summed E-state index contributed by atoms with van der Waals surface area (Å²) in [4.78, 5) is 44.1. The molecule has 2 aromatic rings. The number of hydrogen-bond acceptors (Lipinski definition) is 5. The van der Waals surface area contributed by atoms with Gasteiger partial charge in [0.1, 0.15) is 0 Å². The Bertz CT molecular complexity index is 1040. The van der Waals surface area contributed by atoms with E-state index in [0.29, 0.717) is 75.7 Å². The van der Waals surface area contributed by atoms with Gasteiger partial charge in [0, 0.05) is 62.6 Å². The number of nitrogens with zero attached hydrogens (tertiary/aromatic N) is 3. The second-order valence-corrected chi connectivity index (χ2v) is 8.68. The Hall–Kier alpha value is -3.39. The lowest BCUT2D eigenvalue weighted by molar-refractivity contribution is -0.115. The first-order valence-electron chi connectivity index (χ1n) is 11.9. The molecule has 0 bridgehead atoms. The van der Waals surface area contributed by atoms with Crippen LogP contribution in [0.25, 0.3) is 0 Å². The number of aryl methyl sites for hydroxylation is 1. The number of hydrogen-bond donors (Lipinski definition) is 1. The highest BCUT2D eigenvalue weighted by Crippen LogP contribution is 2.28. The Kier molecular flexibility index (Phi) is 7.47. The number of anilines is 2. The van der Waals surface area contributed by atoms with Gasteiger partial charge in [-0.2, -0.15) is 0 Å². The predicted molar refractivity (Wildman–Crippen MR) is 131 cm³/mol. The normalized spacial score (nSPS) is 16.4. The van der Waals surface area contributed by atoms with Crippen molar-refractivity contribution in [2.45, 2.75) is 20.3 Å². The fourth-order valence-corrected chi connectivity index (χ4v) is 4.28. The van der Waals surface area contributed by atoms with E-state index < -0.39 is 0 Å². The number of nitrogens with one attached hydrogen (secondary N) is 1. The summed E-state index contributed by atoms with van der Waals surface area (Å²) in [6, 6.07) is 13.1. The van der Waals surface area contributed by atoms with E-state index in [-0.39, 0.29) is 17.7 Å². The van der Waals surface area contributed by atoms with Crippen LogP contribution < -0.4 is 10.2 Å². The monoisotopic (exact) mass is 464 g/mol. The van der Waals surface area contributed by atoms with Gasteiger partial charge in [-0.05, 0) is 37.3 Å². The molecular weight excluding hydrogens is 432 g/mol. The summed E-state index contributed by atoms with van der Waals surface area (Å²) in [6.07, 6.45) is 0.367. The second kappa shape index (κ2) is 10.7. The summed E-state index contributed by atoms with van der Waals surface area (Å²) in [7, 11) is 0. The summed E-state index contributed by atoms with van der Waals surface area (Å²) in [5, 5.41) is 2.86. The molecule has 0 spiro atoms.